The molecule has 1 fully saturated rings. The first-order chi connectivity index (χ1) is 8.19. The van der Waals surface area contributed by atoms with Crippen molar-refractivity contribution in [3.8, 4) is 0 Å². The third-order valence-corrected chi connectivity index (χ3v) is 4.10. The van der Waals surface area contributed by atoms with Crippen LogP contribution in [-0.2, 0) is 11.2 Å². The van der Waals surface area contributed by atoms with Gasteiger partial charge in [-0.15, -0.1) is 0 Å². The monoisotopic (exact) mass is 250 g/mol. The summed E-state index contributed by atoms with van der Waals surface area (Å²) in [6.45, 7) is 2.22. The van der Waals surface area contributed by atoms with Crippen LogP contribution in [0.1, 0.15) is 38.2 Å². The van der Waals surface area contributed by atoms with E-state index in [1.807, 2.05) is 24.3 Å². The normalized spacial score (nSPS) is 24.9. The zero-order valence-corrected chi connectivity index (χ0v) is 11.0. The predicted octanol–water partition coefficient (Wildman–Crippen LogP) is 4.28. The number of ketones is 1. The van der Waals surface area contributed by atoms with E-state index in [-0.39, 0.29) is 5.92 Å². The van der Waals surface area contributed by atoms with Crippen LogP contribution in [0.4, 0.5) is 0 Å². The van der Waals surface area contributed by atoms with E-state index in [9.17, 15) is 4.79 Å². The Bertz CT molecular complexity index is 382. The fraction of sp³-hybridized carbons (Fsp3) is 0.533. The SMILES string of the molecule is CCC1CCC(=O)C(Cc2ccc(Cl)cc2)C1. The summed E-state index contributed by atoms with van der Waals surface area (Å²) in [6.07, 6.45) is 5.01. The van der Waals surface area contributed by atoms with Crippen molar-refractivity contribution >= 4 is 17.4 Å². The molecule has 2 unspecified atom stereocenters. The van der Waals surface area contributed by atoms with Crippen molar-refractivity contribution in [2.75, 3.05) is 0 Å². The first kappa shape index (κ1) is 12.6. The molecule has 2 atom stereocenters. The zero-order valence-electron chi connectivity index (χ0n) is 10.3. The minimum atomic E-state index is 0.231. The molecule has 2 rings (SSSR count). The number of Topliss-reactive ketones (excluding diaryl/α,β-unsaturated/α-hetero) is 1. The molecule has 0 bridgehead atoms. The first-order valence-corrected chi connectivity index (χ1v) is 6.84. The van der Waals surface area contributed by atoms with Crippen LogP contribution in [-0.4, -0.2) is 5.78 Å². The molecule has 1 aliphatic carbocycles. The molecule has 0 amide bonds. The summed E-state index contributed by atoms with van der Waals surface area (Å²) in [7, 11) is 0. The molecule has 92 valence electrons. The van der Waals surface area contributed by atoms with Crippen LogP contribution in [0.2, 0.25) is 5.02 Å². The largest absolute Gasteiger partial charge is 0.299 e. The third kappa shape index (κ3) is 3.32. The van der Waals surface area contributed by atoms with Crippen LogP contribution in [0.25, 0.3) is 0 Å². The Morgan fingerprint density at radius 1 is 1.29 bits per heavy atom. The summed E-state index contributed by atoms with van der Waals surface area (Å²) < 4.78 is 0. The van der Waals surface area contributed by atoms with Gasteiger partial charge in [0.15, 0.2) is 0 Å². The molecule has 0 aliphatic heterocycles. The number of carbonyl (C=O) groups excluding carboxylic acids is 1. The Kier molecular flexibility index (Phi) is 4.22. The molecule has 1 aromatic rings. The maximum Gasteiger partial charge on any atom is 0.136 e. The van der Waals surface area contributed by atoms with Gasteiger partial charge in [-0.3, -0.25) is 4.79 Å². The summed E-state index contributed by atoms with van der Waals surface area (Å²) in [6, 6.07) is 7.87. The minimum absolute atomic E-state index is 0.231. The molecule has 2 heteroatoms. The molecule has 0 N–H and O–H groups in total. The average Bonchev–Trinajstić information content (AvgIpc) is 2.35. The first-order valence-electron chi connectivity index (χ1n) is 6.46. The Morgan fingerprint density at radius 3 is 2.65 bits per heavy atom. The molecule has 1 aliphatic rings. The lowest BCUT2D eigenvalue weighted by molar-refractivity contribution is -0.125. The van der Waals surface area contributed by atoms with Crippen molar-refractivity contribution in [2.24, 2.45) is 11.8 Å². The van der Waals surface area contributed by atoms with E-state index in [1.54, 1.807) is 0 Å². The van der Waals surface area contributed by atoms with E-state index in [1.165, 1.54) is 12.0 Å². The number of rotatable bonds is 3. The van der Waals surface area contributed by atoms with Crippen molar-refractivity contribution in [1.82, 2.24) is 0 Å². The van der Waals surface area contributed by atoms with Gasteiger partial charge in [-0.2, -0.15) is 0 Å². The second kappa shape index (κ2) is 5.68. The lowest BCUT2D eigenvalue weighted by atomic mass is 9.77. The molecule has 0 saturated heterocycles. The zero-order chi connectivity index (χ0) is 12.3. The number of halogens is 1. The second-order valence-corrected chi connectivity index (χ2v) is 5.48. The van der Waals surface area contributed by atoms with E-state index in [0.29, 0.717) is 5.78 Å². The number of hydrogen-bond donors (Lipinski definition) is 0. The van der Waals surface area contributed by atoms with Crippen LogP contribution >= 0.6 is 11.6 Å². The van der Waals surface area contributed by atoms with Gasteiger partial charge in [0.25, 0.3) is 0 Å². The molecular formula is C15H19ClO. The second-order valence-electron chi connectivity index (χ2n) is 5.04. The van der Waals surface area contributed by atoms with Gasteiger partial charge >= 0.3 is 0 Å². The van der Waals surface area contributed by atoms with Gasteiger partial charge in [0.05, 0.1) is 0 Å². The molecule has 1 aromatic carbocycles. The van der Waals surface area contributed by atoms with Crippen molar-refractivity contribution in [2.45, 2.75) is 39.0 Å². The van der Waals surface area contributed by atoms with Crippen LogP contribution in [0.15, 0.2) is 24.3 Å². The molecule has 0 heterocycles. The van der Waals surface area contributed by atoms with E-state index in [2.05, 4.69) is 6.92 Å². The topological polar surface area (TPSA) is 17.1 Å². The van der Waals surface area contributed by atoms with Crippen LogP contribution in [0.5, 0.6) is 0 Å². The van der Waals surface area contributed by atoms with Crippen LogP contribution < -0.4 is 0 Å². The van der Waals surface area contributed by atoms with Gasteiger partial charge < -0.3 is 0 Å². The summed E-state index contributed by atoms with van der Waals surface area (Å²) in [4.78, 5) is 11.9. The van der Waals surface area contributed by atoms with E-state index < -0.39 is 0 Å². The summed E-state index contributed by atoms with van der Waals surface area (Å²) in [5, 5.41) is 0.759. The lowest BCUT2D eigenvalue weighted by Crippen LogP contribution is -2.26. The van der Waals surface area contributed by atoms with Crippen molar-refractivity contribution in [1.29, 1.82) is 0 Å². The molecule has 0 aromatic heterocycles. The van der Waals surface area contributed by atoms with Crippen molar-refractivity contribution < 1.29 is 4.79 Å². The van der Waals surface area contributed by atoms with Crippen molar-refractivity contribution in [3.05, 3.63) is 34.9 Å². The highest BCUT2D eigenvalue weighted by atomic mass is 35.5. The van der Waals surface area contributed by atoms with E-state index >= 15 is 0 Å². The third-order valence-electron chi connectivity index (χ3n) is 3.84. The lowest BCUT2D eigenvalue weighted by Gasteiger charge is -2.27. The fourth-order valence-corrected chi connectivity index (χ4v) is 2.80. The Balaban J connectivity index is 2.01. The maximum absolute atomic E-state index is 11.9. The maximum atomic E-state index is 11.9. The Morgan fingerprint density at radius 2 is 2.00 bits per heavy atom. The fourth-order valence-electron chi connectivity index (χ4n) is 2.68. The highest BCUT2D eigenvalue weighted by molar-refractivity contribution is 6.30. The predicted molar refractivity (Wildman–Crippen MR) is 71.3 cm³/mol. The van der Waals surface area contributed by atoms with Crippen molar-refractivity contribution in [3.63, 3.8) is 0 Å². The Labute approximate surface area is 108 Å². The van der Waals surface area contributed by atoms with Gasteiger partial charge in [-0.05, 0) is 42.9 Å². The summed E-state index contributed by atoms with van der Waals surface area (Å²) in [5.74, 6) is 1.42. The summed E-state index contributed by atoms with van der Waals surface area (Å²) in [5.41, 5.74) is 1.23. The van der Waals surface area contributed by atoms with E-state index in [0.717, 1.165) is 36.6 Å². The number of carbonyl (C=O) groups is 1. The molecule has 1 nitrogen and oxygen atoms in total. The van der Waals surface area contributed by atoms with Gasteiger partial charge in [0, 0.05) is 17.4 Å². The van der Waals surface area contributed by atoms with Gasteiger partial charge in [-0.25, -0.2) is 0 Å². The Hall–Kier alpha value is -0.820. The van der Waals surface area contributed by atoms with Crippen LogP contribution in [0, 0.1) is 11.8 Å². The molecule has 0 radical (unpaired) electrons. The van der Waals surface area contributed by atoms with Gasteiger partial charge in [-0.1, -0.05) is 37.1 Å². The smallest absolute Gasteiger partial charge is 0.136 e. The van der Waals surface area contributed by atoms with Gasteiger partial charge in [0.2, 0.25) is 0 Å². The average molecular weight is 251 g/mol. The highest BCUT2D eigenvalue weighted by Gasteiger charge is 2.27. The highest BCUT2D eigenvalue weighted by Crippen LogP contribution is 2.30. The van der Waals surface area contributed by atoms with Gasteiger partial charge in [0.1, 0.15) is 5.78 Å². The summed E-state index contributed by atoms with van der Waals surface area (Å²) >= 11 is 5.86. The van der Waals surface area contributed by atoms with Crippen LogP contribution in [0.3, 0.4) is 0 Å². The molecule has 0 spiro atoms. The number of hydrogen-bond acceptors (Lipinski definition) is 1. The minimum Gasteiger partial charge on any atom is -0.299 e. The number of benzene rings is 1. The quantitative estimate of drug-likeness (QED) is 0.783. The standard InChI is InChI=1S/C15H19ClO/c1-2-11-5-8-15(17)13(9-11)10-12-3-6-14(16)7-4-12/h3-4,6-7,11,13H,2,5,8-10H2,1H3. The van der Waals surface area contributed by atoms with E-state index in [4.69, 9.17) is 11.6 Å². The molecule has 17 heavy (non-hydrogen) atoms. The molecular weight excluding hydrogens is 232 g/mol. The molecule has 1 saturated carbocycles.